The van der Waals surface area contributed by atoms with Gasteiger partial charge in [0.25, 0.3) is 0 Å². The van der Waals surface area contributed by atoms with Gasteiger partial charge in [-0.15, -0.1) is 0 Å². The zero-order chi connectivity index (χ0) is 24.1. The Morgan fingerprint density at radius 2 is 1.75 bits per heavy atom. The van der Waals surface area contributed by atoms with Crippen LogP contribution in [0.3, 0.4) is 0 Å². The first-order chi connectivity index (χ1) is 14.9. The van der Waals surface area contributed by atoms with E-state index in [9.17, 15) is 22.4 Å². The molecule has 1 atom stereocenters. The fourth-order valence-electron chi connectivity index (χ4n) is 3.04. The normalized spacial score (nSPS) is 12.3. The molecule has 0 bridgehead atoms. The van der Waals surface area contributed by atoms with Crippen LogP contribution in [0.1, 0.15) is 26.3 Å². The molecule has 2 aromatic rings. The van der Waals surface area contributed by atoms with Crippen molar-refractivity contribution in [3.63, 3.8) is 0 Å². The molecular weight excluding hydrogens is 457 g/mol. The van der Waals surface area contributed by atoms with E-state index in [0.29, 0.717) is 10.6 Å². The molecule has 2 rings (SSSR count). The van der Waals surface area contributed by atoms with Gasteiger partial charge >= 0.3 is 0 Å². The molecule has 0 saturated carbocycles. The van der Waals surface area contributed by atoms with Gasteiger partial charge in [-0.25, -0.2) is 12.8 Å². The number of hydrogen-bond donors (Lipinski definition) is 1. The lowest BCUT2D eigenvalue weighted by molar-refractivity contribution is -0.139. The zero-order valence-electron chi connectivity index (χ0n) is 18.4. The van der Waals surface area contributed by atoms with Crippen LogP contribution >= 0.6 is 11.6 Å². The first kappa shape index (κ1) is 25.6. The summed E-state index contributed by atoms with van der Waals surface area (Å²) >= 11 is 6.25. The van der Waals surface area contributed by atoms with Crippen molar-refractivity contribution in [3.8, 4) is 0 Å². The lowest BCUT2D eigenvalue weighted by Crippen LogP contribution is -2.52. The van der Waals surface area contributed by atoms with Gasteiger partial charge in [0.1, 0.15) is 18.4 Å². The number of hydrogen-bond acceptors (Lipinski definition) is 4. The minimum absolute atomic E-state index is 0.00799. The van der Waals surface area contributed by atoms with Crippen molar-refractivity contribution >= 4 is 39.1 Å². The summed E-state index contributed by atoms with van der Waals surface area (Å²) in [5.41, 5.74) is 0.612. The van der Waals surface area contributed by atoms with E-state index in [4.69, 9.17) is 11.6 Å². The second kappa shape index (κ2) is 10.8. The number of carbonyl (C=O) groups excluding carboxylic acids is 2. The minimum atomic E-state index is -3.92. The van der Waals surface area contributed by atoms with Gasteiger partial charge in [-0.2, -0.15) is 0 Å². The van der Waals surface area contributed by atoms with Gasteiger partial charge in [-0.1, -0.05) is 35.9 Å². The van der Waals surface area contributed by atoms with Gasteiger partial charge in [0, 0.05) is 17.6 Å². The second-order valence-corrected chi connectivity index (χ2v) is 10.0. The predicted molar refractivity (Wildman–Crippen MR) is 123 cm³/mol. The van der Waals surface area contributed by atoms with Crippen LogP contribution in [0.4, 0.5) is 10.1 Å². The van der Waals surface area contributed by atoms with Gasteiger partial charge in [-0.3, -0.25) is 13.9 Å². The highest BCUT2D eigenvalue weighted by molar-refractivity contribution is 7.92. The maximum atomic E-state index is 13.7. The first-order valence-corrected chi connectivity index (χ1v) is 12.2. The Hall–Kier alpha value is -2.65. The van der Waals surface area contributed by atoms with Gasteiger partial charge in [0.05, 0.1) is 11.9 Å². The fraction of sp³-hybridized carbons (Fsp3) is 0.364. The van der Waals surface area contributed by atoms with Crippen molar-refractivity contribution in [1.82, 2.24) is 10.2 Å². The zero-order valence-corrected chi connectivity index (χ0v) is 20.0. The molecule has 0 spiro atoms. The van der Waals surface area contributed by atoms with Crippen molar-refractivity contribution < 1.29 is 22.4 Å². The average molecular weight is 484 g/mol. The Labute approximate surface area is 193 Å². The van der Waals surface area contributed by atoms with E-state index in [-0.39, 0.29) is 18.3 Å². The number of benzene rings is 2. The van der Waals surface area contributed by atoms with E-state index in [0.717, 1.165) is 16.6 Å². The maximum absolute atomic E-state index is 13.7. The molecule has 10 heteroatoms. The molecule has 0 aromatic heterocycles. The number of nitrogens with one attached hydrogen (secondary N) is 1. The number of sulfonamides is 1. The van der Waals surface area contributed by atoms with Crippen molar-refractivity contribution in [2.45, 2.75) is 39.4 Å². The van der Waals surface area contributed by atoms with E-state index < -0.39 is 40.2 Å². The van der Waals surface area contributed by atoms with Gasteiger partial charge < -0.3 is 10.2 Å². The molecule has 0 aliphatic carbocycles. The summed E-state index contributed by atoms with van der Waals surface area (Å²) in [4.78, 5) is 27.2. The van der Waals surface area contributed by atoms with E-state index in [1.54, 1.807) is 45.0 Å². The van der Waals surface area contributed by atoms with Gasteiger partial charge in [0.2, 0.25) is 21.8 Å². The summed E-state index contributed by atoms with van der Waals surface area (Å²) in [5, 5.41) is 3.16. The molecule has 0 aliphatic rings. The van der Waals surface area contributed by atoms with Gasteiger partial charge in [-0.05, 0) is 50.6 Å². The van der Waals surface area contributed by atoms with Gasteiger partial charge in [0.15, 0.2) is 0 Å². The molecule has 174 valence electrons. The predicted octanol–water partition coefficient (Wildman–Crippen LogP) is 3.19. The molecule has 0 saturated heterocycles. The van der Waals surface area contributed by atoms with Crippen LogP contribution in [0, 0.1) is 5.82 Å². The third-order valence-corrected chi connectivity index (χ3v) is 6.18. The Morgan fingerprint density at radius 3 is 2.31 bits per heavy atom. The Bertz CT molecular complexity index is 1080. The summed E-state index contributed by atoms with van der Waals surface area (Å²) in [7, 11) is -3.92. The van der Waals surface area contributed by atoms with Crippen molar-refractivity contribution in [1.29, 1.82) is 0 Å². The third-order valence-electron chi connectivity index (χ3n) is 4.67. The third kappa shape index (κ3) is 6.93. The second-order valence-electron chi connectivity index (χ2n) is 7.70. The van der Waals surface area contributed by atoms with Crippen molar-refractivity contribution in [2.24, 2.45) is 0 Å². The number of halogens is 2. The van der Waals surface area contributed by atoms with Crippen LogP contribution in [0.5, 0.6) is 0 Å². The molecular formula is C22H27ClFN3O4S. The largest absolute Gasteiger partial charge is 0.352 e. The SMILES string of the molecule is CC(C)NC(=O)[C@@H](C)N(Cc1ccccc1Cl)C(=O)CN(c1cccc(F)c1)S(C)(=O)=O. The number of nitrogens with zero attached hydrogens (tertiary/aromatic N) is 2. The highest BCUT2D eigenvalue weighted by atomic mass is 35.5. The van der Waals surface area contributed by atoms with Crippen molar-refractivity contribution in [3.05, 3.63) is 64.9 Å². The molecule has 0 aliphatic heterocycles. The molecule has 2 aromatic carbocycles. The summed E-state index contributed by atoms with van der Waals surface area (Å²) in [5.74, 6) is -1.66. The topological polar surface area (TPSA) is 86.8 Å². The van der Waals surface area contributed by atoms with Crippen LogP contribution in [0.2, 0.25) is 5.02 Å². The molecule has 32 heavy (non-hydrogen) atoms. The Morgan fingerprint density at radius 1 is 1.09 bits per heavy atom. The highest BCUT2D eigenvalue weighted by Crippen LogP contribution is 2.22. The summed E-state index contributed by atoms with van der Waals surface area (Å²) in [6.45, 7) is 4.53. The number of carbonyl (C=O) groups is 2. The number of rotatable bonds is 9. The van der Waals surface area contributed by atoms with Crippen LogP contribution in [0.15, 0.2) is 48.5 Å². The van der Waals surface area contributed by atoms with Crippen LogP contribution in [-0.2, 0) is 26.2 Å². The Kier molecular flexibility index (Phi) is 8.63. The smallest absolute Gasteiger partial charge is 0.244 e. The van der Waals surface area contributed by atoms with Crippen LogP contribution in [-0.4, -0.2) is 50.0 Å². The van der Waals surface area contributed by atoms with E-state index >= 15 is 0 Å². The minimum Gasteiger partial charge on any atom is -0.352 e. The standard InChI is InChI=1S/C22H27ClFN3O4S/c1-15(2)25-22(29)16(3)26(13-17-8-5-6-11-20(17)23)21(28)14-27(32(4,30)31)19-10-7-9-18(24)12-19/h5-12,15-16H,13-14H2,1-4H3,(H,25,29)/t16-/m1/s1. The average Bonchev–Trinajstić information content (AvgIpc) is 2.69. The van der Waals surface area contributed by atoms with E-state index in [2.05, 4.69) is 5.32 Å². The molecule has 0 radical (unpaired) electrons. The number of amides is 2. The molecule has 2 amide bonds. The molecule has 7 nitrogen and oxygen atoms in total. The summed E-state index contributed by atoms with van der Waals surface area (Å²) in [6.07, 6.45) is 0.929. The molecule has 0 unspecified atom stereocenters. The first-order valence-electron chi connectivity index (χ1n) is 9.96. The quantitative estimate of drug-likeness (QED) is 0.593. The van der Waals surface area contributed by atoms with E-state index in [1.807, 2.05) is 0 Å². The molecule has 0 fully saturated rings. The lowest BCUT2D eigenvalue weighted by Gasteiger charge is -2.32. The van der Waals surface area contributed by atoms with Crippen LogP contribution < -0.4 is 9.62 Å². The van der Waals surface area contributed by atoms with Crippen LogP contribution in [0.25, 0.3) is 0 Å². The molecule has 1 N–H and O–H groups in total. The monoisotopic (exact) mass is 483 g/mol. The Balaban J connectivity index is 2.40. The molecule has 0 heterocycles. The summed E-state index contributed by atoms with van der Waals surface area (Å²) < 4.78 is 39.3. The van der Waals surface area contributed by atoms with Crippen molar-refractivity contribution in [2.75, 3.05) is 17.1 Å². The number of anilines is 1. The summed E-state index contributed by atoms with van der Waals surface area (Å²) in [6, 6.07) is 10.8. The maximum Gasteiger partial charge on any atom is 0.244 e. The highest BCUT2D eigenvalue weighted by Gasteiger charge is 2.30. The van der Waals surface area contributed by atoms with E-state index in [1.165, 1.54) is 23.1 Å². The fourth-order valence-corrected chi connectivity index (χ4v) is 4.08. The lowest BCUT2D eigenvalue weighted by atomic mass is 10.1.